The molecular formula is C23H25N5O3. The number of nitrogens with zero attached hydrogens (tertiary/aromatic N) is 3. The first kappa shape index (κ1) is 20.6. The molecule has 1 aliphatic rings. The zero-order valence-corrected chi connectivity index (χ0v) is 17.4. The molecule has 8 heteroatoms. The van der Waals surface area contributed by atoms with Crippen molar-refractivity contribution in [3.8, 4) is 17.1 Å². The van der Waals surface area contributed by atoms with Crippen molar-refractivity contribution < 1.29 is 14.3 Å². The summed E-state index contributed by atoms with van der Waals surface area (Å²) in [6.45, 7) is 3.45. The average molecular weight is 419 g/mol. The molecular weight excluding hydrogens is 394 g/mol. The van der Waals surface area contributed by atoms with Gasteiger partial charge in [-0.3, -0.25) is 14.7 Å². The Morgan fingerprint density at radius 1 is 1.10 bits per heavy atom. The molecule has 2 heterocycles. The van der Waals surface area contributed by atoms with Crippen LogP contribution in [0.15, 0.2) is 48.5 Å². The van der Waals surface area contributed by atoms with Crippen LogP contribution in [0.4, 0.5) is 5.69 Å². The van der Waals surface area contributed by atoms with Gasteiger partial charge in [0.2, 0.25) is 0 Å². The lowest BCUT2D eigenvalue weighted by atomic mass is 10.1. The Balaban J connectivity index is 1.33. The zero-order valence-electron chi connectivity index (χ0n) is 17.4. The van der Waals surface area contributed by atoms with E-state index in [4.69, 9.17) is 4.74 Å². The predicted molar refractivity (Wildman–Crippen MR) is 117 cm³/mol. The van der Waals surface area contributed by atoms with Gasteiger partial charge in [0.05, 0.1) is 0 Å². The van der Waals surface area contributed by atoms with Crippen LogP contribution in [0, 0.1) is 6.92 Å². The van der Waals surface area contributed by atoms with Crippen molar-refractivity contribution in [1.29, 1.82) is 0 Å². The SMILES string of the molecule is Cc1nc(-c2cccc(NC(=O)c3ccc(OCC(=O)N4CCCCC4)cc3)c2)n[nH]1. The second-order valence-electron chi connectivity index (χ2n) is 7.53. The van der Waals surface area contributed by atoms with Gasteiger partial charge in [-0.05, 0) is 62.6 Å². The topological polar surface area (TPSA) is 100 Å². The molecule has 31 heavy (non-hydrogen) atoms. The lowest BCUT2D eigenvalue weighted by molar-refractivity contribution is -0.134. The molecule has 0 aliphatic carbocycles. The molecule has 0 bridgehead atoms. The normalized spacial score (nSPS) is 13.6. The molecule has 1 aliphatic heterocycles. The number of likely N-dealkylation sites (tertiary alicyclic amines) is 1. The van der Waals surface area contributed by atoms with Crippen LogP contribution in [0.2, 0.25) is 0 Å². The lowest BCUT2D eigenvalue weighted by Gasteiger charge is -2.26. The van der Waals surface area contributed by atoms with Gasteiger partial charge in [-0.2, -0.15) is 5.10 Å². The van der Waals surface area contributed by atoms with Crippen molar-refractivity contribution >= 4 is 17.5 Å². The number of piperidine rings is 1. The van der Waals surface area contributed by atoms with Crippen molar-refractivity contribution in [3.63, 3.8) is 0 Å². The second-order valence-corrected chi connectivity index (χ2v) is 7.53. The molecule has 0 atom stereocenters. The predicted octanol–water partition coefficient (Wildman–Crippen LogP) is 3.42. The highest BCUT2D eigenvalue weighted by molar-refractivity contribution is 6.04. The molecule has 2 aromatic carbocycles. The van der Waals surface area contributed by atoms with E-state index in [0.717, 1.165) is 37.3 Å². The summed E-state index contributed by atoms with van der Waals surface area (Å²) < 4.78 is 5.60. The number of benzene rings is 2. The highest BCUT2D eigenvalue weighted by atomic mass is 16.5. The van der Waals surface area contributed by atoms with E-state index in [1.54, 1.807) is 24.3 Å². The molecule has 2 N–H and O–H groups in total. The zero-order chi connectivity index (χ0) is 21.6. The summed E-state index contributed by atoms with van der Waals surface area (Å²) in [5.74, 6) is 1.63. The Labute approximate surface area is 180 Å². The molecule has 8 nitrogen and oxygen atoms in total. The lowest BCUT2D eigenvalue weighted by Crippen LogP contribution is -2.38. The summed E-state index contributed by atoms with van der Waals surface area (Å²) in [7, 11) is 0. The van der Waals surface area contributed by atoms with Gasteiger partial charge in [0.25, 0.3) is 11.8 Å². The molecule has 0 unspecified atom stereocenters. The van der Waals surface area contributed by atoms with Gasteiger partial charge in [0.15, 0.2) is 12.4 Å². The molecule has 1 saturated heterocycles. The molecule has 0 radical (unpaired) electrons. The van der Waals surface area contributed by atoms with Crippen molar-refractivity contribution in [2.75, 3.05) is 25.0 Å². The van der Waals surface area contributed by atoms with Crippen LogP contribution < -0.4 is 10.1 Å². The third-order valence-electron chi connectivity index (χ3n) is 5.16. The van der Waals surface area contributed by atoms with E-state index in [0.29, 0.717) is 22.8 Å². The fraction of sp³-hybridized carbons (Fsp3) is 0.304. The number of amides is 2. The number of carbonyl (C=O) groups excluding carboxylic acids is 2. The number of hydrogen-bond donors (Lipinski definition) is 2. The second kappa shape index (κ2) is 9.42. The first-order chi connectivity index (χ1) is 15.1. The number of ether oxygens (including phenoxy) is 1. The van der Waals surface area contributed by atoms with E-state index in [-0.39, 0.29) is 18.4 Å². The van der Waals surface area contributed by atoms with Gasteiger partial charge in [0.1, 0.15) is 11.6 Å². The summed E-state index contributed by atoms with van der Waals surface area (Å²) >= 11 is 0. The monoisotopic (exact) mass is 419 g/mol. The Morgan fingerprint density at radius 2 is 1.87 bits per heavy atom. The molecule has 0 spiro atoms. The summed E-state index contributed by atoms with van der Waals surface area (Å²) in [5, 5.41) is 9.84. The Hall–Kier alpha value is -3.68. The number of aromatic amines is 1. The van der Waals surface area contributed by atoms with Crippen LogP contribution >= 0.6 is 0 Å². The number of hydrogen-bond acceptors (Lipinski definition) is 5. The molecule has 0 saturated carbocycles. The molecule has 2 amide bonds. The first-order valence-corrected chi connectivity index (χ1v) is 10.4. The summed E-state index contributed by atoms with van der Waals surface area (Å²) in [6, 6.07) is 14.1. The van der Waals surface area contributed by atoms with E-state index in [2.05, 4.69) is 20.5 Å². The molecule has 160 valence electrons. The van der Waals surface area contributed by atoms with Crippen LogP contribution in [0.5, 0.6) is 5.75 Å². The van der Waals surface area contributed by atoms with Crippen LogP contribution in [-0.2, 0) is 4.79 Å². The van der Waals surface area contributed by atoms with E-state index in [1.807, 2.05) is 36.1 Å². The quantitative estimate of drug-likeness (QED) is 0.638. The summed E-state index contributed by atoms with van der Waals surface area (Å²) in [4.78, 5) is 31.0. The van der Waals surface area contributed by atoms with Gasteiger partial charge in [-0.1, -0.05) is 12.1 Å². The van der Waals surface area contributed by atoms with Gasteiger partial charge in [-0.15, -0.1) is 0 Å². The Morgan fingerprint density at radius 3 is 2.58 bits per heavy atom. The van der Waals surface area contributed by atoms with Gasteiger partial charge in [0, 0.05) is 29.9 Å². The van der Waals surface area contributed by atoms with Crippen molar-refractivity contribution in [3.05, 3.63) is 59.9 Å². The molecule has 4 rings (SSSR count). The number of aromatic nitrogens is 3. The first-order valence-electron chi connectivity index (χ1n) is 10.4. The fourth-order valence-electron chi connectivity index (χ4n) is 3.49. The number of carbonyl (C=O) groups is 2. The molecule has 1 aromatic heterocycles. The number of aryl methyl sites for hydroxylation is 1. The summed E-state index contributed by atoms with van der Waals surface area (Å²) in [6.07, 6.45) is 3.28. The Kier molecular flexibility index (Phi) is 6.26. The van der Waals surface area contributed by atoms with Gasteiger partial charge in [-0.25, -0.2) is 4.98 Å². The van der Waals surface area contributed by atoms with E-state index in [1.165, 1.54) is 6.42 Å². The Bertz CT molecular complexity index is 1060. The van der Waals surface area contributed by atoms with Crippen LogP contribution in [-0.4, -0.2) is 51.6 Å². The van der Waals surface area contributed by atoms with Crippen LogP contribution in [0.3, 0.4) is 0 Å². The van der Waals surface area contributed by atoms with Crippen LogP contribution in [0.1, 0.15) is 35.4 Å². The average Bonchev–Trinajstić information content (AvgIpc) is 3.25. The minimum absolute atomic E-state index is 0.00278. The maximum absolute atomic E-state index is 12.6. The maximum atomic E-state index is 12.6. The summed E-state index contributed by atoms with van der Waals surface area (Å²) in [5.41, 5.74) is 1.95. The minimum atomic E-state index is -0.237. The van der Waals surface area contributed by atoms with Gasteiger partial charge >= 0.3 is 0 Å². The largest absolute Gasteiger partial charge is 0.484 e. The fourth-order valence-corrected chi connectivity index (χ4v) is 3.49. The van der Waals surface area contributed by atoms with Crippen molar-refractivity contribution in [2.45, 2.75) is 26.2 Å². The van der Waals surface area contributed by atoms with E-state index >= 15 is 0 Å². The standard InChI is InChI=1S/C23H25N5O3/c1-16-24-22(27-26-16)18-6-5-7-19(14-18)25-23(30)17-8-10-20(11-9-17)31-15-21(29)28-12-3-2-4-13-28/h5-11,14H,2-4,12-13,15H2,1H3,(H,25,30)(H,24,26,27). The third kappa shape index (κ3) is 5.28. The molecule has 3 aromatic rings. The van der Waals surface area contributed by atoms with E-state index in [9.17, 15) is 9.59 Å². The highest BCUT2D eigenvalue weighted by Crippen LogP contribution is 2.20. The van der Waals surface area contributed by atoms with Gasteiger partial charge < -0.3 is 15.0 Å². The maximum Gasteiger partial charge on any atom is 0.260 e. The third-order valence-corrected chi connectivity index (χ3v) is 5.16. The van der Waals surface area contributed by atoms with Crippen molar-refractivity contribution in [2.24, 2.45) is 0 Å². The highest BCUT2D eigenvalue weighted by Gasteiger charge is 2.17. The molecule has 1 fully saturated rings. The number of H-pyrrole nitrogens is 1. The number of anilines is 1. The smallest absolute Gasteiger partial charge is 0.260 e. The van der Waals surface area contributed by atoms with E-state index < -0.39 is 0 Å². The van der Waals surface area contributed by atoms with Crippen LogP contribution in [0.25, 0.3) is 11.4 Å². The number of rotatable bonds is 6. The number of nitrogens with one attached hydrogen (secondary N) is 2. The van der Waals surface area contributed by atoms with Crippen molar-refractivity contribution in [1.82, 2.24) is 20.1 Å². The minimum Gasteiger partial charge on any atom is -0.484 e.